The second-order valence-corrected chi connectivity index (χ2v) is 5.86. The maximum Gasteiger partial charge on any atom is 0.168 e. The van der Waals surface area contributed by atoms with Gasteiger partial charge in [-0.2, -0.15) is 0 Å². The Morgan fingerprint density at radius 1 is 0.720 bits per heavy atom. The fourth-order valence-corrected chi connectivity index (χ4v) is 2.93. The van der Waals surface area contributed by atoms with Gasteiger partial charge in [-0.05, 0) is 0 Å². The topological polar surface area (TPSA) is 33.7 Å². The maximum absolute atomic E-state index is 12.3. The van der Waals surface area contributed by atoms with Crippen LogP contribution in [0.15, 0.2) is 91.0 Å². The van der Waals surface area contributed by atoms with Crippen LogP contribution in [0.2, 0.25) is 0 Å². The third-order valence-electron chi connectivity index (χ3n) is 4.19. The van der Waals surface area contributed by atoms with Gasteiger partial charge in [-0.25, -0.2) is 0 Å². The second kappa shape index (κ2) is 9.77. The molecule has 25 heavy (non-hydrogen) atoms. The highest BCUT2D eigenvalue weighted by Crippen LogP contribution is 2.17. The normalized spacial score (nSPS) is 10.3. The molecule has 0 spiro atoms. The number of rotatable bonds is 7. The smallest absolute Gasteiger partial charge is 0.168 e. The summed E-state index contributed by atoms with van der Waals surface area (Å²) < 4.78 is 0. The number of ketones is 1. The zero-order valence-electron chi connectivity index (χ0n) is 14.0. The highest BCUT2D eigenvalue weighted by atomic mass is 35.5. The molecule has 0 amide bonds. The molecule has 128 valence electrons. The van der Waals surface area contributed by atoms with Crippen molar-refractivity contribution in [2.75, 3.05) is 6.54 Å². The van der Waals surface area contributed by atoms with Crippen molar-refractivity contribution in [3.63, 3.8) is 0 Å². The number of carbonyl (C=O) groups excluding carboxylic acids is 1. The number of carbonyl (C=O) groups is 1. The molecule has 3 aromatic rings. The first-order valence-corrected chi connectivity index (χ1v) is 8.36. The van der Waals surface area contributed by atoms with E-state index in [1.165, 1.54) is 11.1 Å². The van der Waals surface area contributed by atoms with Gasteiger partial charge in [-0.3, -0.25) is 4.79 Å². The van der Waals surface area contributed by atoms with Gasteiger partial charge >= 0.3 is 0 Å². The van der Waals surface area contributed by atoms with Gasteiger partial charge < -0.3 is 17.7 Å². The Morgan fingerprint density at radius 3 is 1.64 bits per heavy atom. The first kappa shape index (κ1) is 18.9. The molecular weight excluding hydrogens is 330 g/mol. The van der Waals surface area contributed by atoms with Crippen LogP contribution >= 0.6 is 0 Å². The minimum atomic E-state index is 0. The predicted molar refractivity (Wildman–Crippen MR) is 96.9 cm³/mol. The summed E-state index contributed by atoms with van der Waals surface area (Å²) in [7, 11) is 0. The van der Waals surface area contributed by atoms with E-state index in [0.717, 1.165) is 12.1 Å². The molecule has 3 aromatic carbocycles. The lowest BCUT2D eigenvalue weighted by atomic mass is 9.98. The molecule has 0 saturated heterocycles. The van der Waals surface area contributed by atoms with Crippen LogP contribution in [0.4, 0.5) is 0 Å². The van der Waals surface area contributed by atoms with Crippen molar-refractivity contribution in [2.24, 2.45) is 0 Å². The van der Waals surface area contributed by atoms with Crippen molar-refractivity contribution in [3.8, 4) is 0 Å². The Balaban J connectivity index is 0.00000225. The van der Waals surface area contributed by atoms with Gasteiger partial charge in [-0.15, -0.1) is 0 Å². The summed E-state index contributed by atoms with van der Waals surface area (Å²) >= 11 is 0. The molecule has 2 N–H and O–H groups in total. The molecule has 0 atom stereocenters. The second-order valence-electron chi connectivity index (χ2n) is 5.86. The number of hydrogen-bond donors (Lipinski definition) is 1. The van der Waals surface area contributed by atoms with E-state index in [-0.39, 0.29) is 24.2 Å². The van der Waals surface area contributed by atoms with Crippen molar-refractivity contribution in [1.29, 1.82) is 0 Å². The molecular formula is C22H22ClNO. The molecule has 0 bridgehead atoms. The van der Waals surface area contributed by atoms with E-state index >= 15 is 0 Å². The first-order valence-electron chi connectivity index (χ1n) is 8.36. The Morgan fingerprint density at radius 2 is 1.16 bits per heavy atom. The van der Waals surface area contributed by atoms with Crippen LogP contribution < -0.4 is 17.7 Å². The van der Waals surface area contributed by atoms with E-state index in [1.54, 1.807) is 0 Å². The average molecular weight is 352 g/mol. The monoisotopic (exact) mass is 351 g/mol. The molecule has 0 aliphatic carbocycles. The van der Waals surface area contributed by atoms with Crippen molar-refractivity contribution in [2.45, 2.75) is 12.5 Å². The van der Waals surface area contributed by atoms with Crippen LogP contribution in [-0.2, 0) is 0 Å². The van der Waals surface area contributed by atoms with Crippen molar-refractivity contribution in [3.05, 3.63) is 108 Å². The Hall–Kier alpha value is -2.42. The van der Waals surface area contributed by atoms with Crippen molar-refractivity contribution in [1.82, 2.24) is 0 Å². The van der Waals surface area contributed by atoms with E-state index < -0.39 is 0 Å². The summed E-state index contributed by atoms with van der Waals surface area (Å²) in [6.07, 6.45) is 0.542. The third kappa shape index (κ3) is 5.28. The van der Waals surface area contributed by atoms with Crippen molar-refractivity contribution >= 4 is 5.78 Å². The molecule has 2 nitrogen and oxygen atoms in total. The third-order valence-corrected chi connectivity index (χ3v) is 4.19. The van der Waals surface area contributed by atoms with Gasteiger partial charge in [0.05, 0.1) is 13.0 Å². The lowest BCUT2D eigenvalue weighted by molar-refractivity contribution is -0.686. The summed E-state index contributed by atoms with van der Waals surface area (Å²) in [5.41, 5.74) is 3.31. The van der Waals surface area contributed by atoms with E-state index in [9.17, 15) is 4.79 Å². The van der Waals surface area contributed by atoms with Crippen molar-refractivity contribution < 1.29 is 22.5 Å². The standard InChI is InChI=1S/C22H21NO.ClH/c24-21(18-10-4-1-5-11-18)16-17-23-22(19-12-6-2-7-13-19)20-14-8-3-9-15-20;/h1-15,22-23H,16-17H2;1H. The van der Waals surface area contributed by atoms with Gasteiger partial charge in [0.25, 0.3) is 0 Å². The SMILES string of the molecule is O=C(CC[NH2+]C(c1ccccc1)c1ccccc1)c1ccccc1.[Cl-]. The number of halogens is 1. The minimum Gasteiger partial charge on any atom is -1.00 e. The zero-order valence-corrected chi connectivity index (χ0v) is 14.8. The quantitative estimate of drug-likeness (QED) is 0.622. The number of benzene rings is 3. The highest BCUT2D eigenvalue weighted by Gasteiger charge is 2.17. The van der Waals surface area contributed by atoms with Crippen LogP contribution in [0.3, 0.4) is 0 Å². The Bertz CT molecular complexity index is 720. The summed E-state index contributed by atoms with van der Waals surface area (Å²) in [6.45, 7) is 0.766. The van der Waals surface area contributed by atoms with E-state index in [4.69, 9.17) is 0 Å². The number of hydrogen-bond acceptors (Lipinski definition) is 1. The fourth-order valence-electron chi connectivity index (χ4n) is 2.93. The van der Waals surface area contributed by atoms with E-state index in [0.29, 0.717) is 6.42 Å². The predicted octanol–water partition coefficient (Wildman–Crippen LogP) is 0.616. The molecule has 0 heterocycles. The lowest BCUT2D eigenvalue weighted by Crippen LogP contribution is -3.00. The summed E-state index contributed by atoms with van der Waals surface area (Å²) in [5.74, 6) is 0.201. The van der Waals surface area contributed by atoms with Crippen LogP contribution in [-0.4, -0.2) is 12.3 Å². The summed E-state index contributed by atoms with van der Waals surface area (Å²) in [6, 6.07) is 30.6. The van der Waals surface area contributed by atoms with Gasteiger partial charge in [0, 0.05) is 16.7 Å². The van der Waals surface area contributed by atoms with Gasteiger partial charge in [0.15, 0.2) is 5.78 Å². The largest absolute Gasteiger partial charge is 1.00 e. The summed E-state index contributed by atoms with van der Waals surface area (Å²) in [4.78, 5) is 12.3. The summed E-state index contributed by atoms with van der Waals surface area (Å²) in [5, 5.41) is 2.26. The molecule has 0 aliphatic heterocycles. The fraction of sp³-hybridized carbons (Fsp3) is 0.136. The van der Waals surface area contributed by atoms with Crippen LogP contribution in [0.1, 0.15) is 33.9 Å². The number of quaternary nitrogens is 1. The Labute approximate surface area is 155 Å². The molecule has 0 saturated carbocycles. The van der Waals surface area contributed by atoms with Gasteiger partial charge in [0.1, 0.15) is 6.04 Å². The molecule has 0 aliphatic rings. The first-order chi connectivity index (χ1) is 11.8. The van der Waals surface area contributed by atoms with Gasteiger partial charge in [-0.1, -0.05) is 91.0 Å². The zero-order chi connectivity index (χ0) is 16.6. The van der Waals surface area contributed by atoms with E-state index in [2.05, 4.69) is 53.8 Å². The van der Waals surface area contributed by atoms with Crippen LogP contribution in [0, 0.1) is 0 Å². The van der Waals surface area contributed by atoms with Crippen LogP contribution in [0.25, 0.3) is 0 Å². The molecule has 0 fully saturated rings. The molecule has 0 unspecified atom stereocenters. The Kier molecular flexibility index (Phi) is 7.39. The molecule has 3 heteroatoms. The lowest BCUT2D eigenvalue weighted by Gasteiger charge is -2.16. The van der Waals surface area contributed by atoms with Gasteiger partial charge in [0.2, 0.25) is 0 Å². The molecule has 0 radical (unpaired) electrons. The average Bonchev–Trinajstić information content (AvgIpc) is 2.67. The highest BCUT2D eigenvalue weighted by molar-refractivity contribution is 5.95. The minimum absolute atomic E-state index is 0. The maximum atomic E-state index is 12.3. The van der Waals surface area contributed by atoms with E-state index in [1.807, 2.05) is 42.5 Å². The number of Topliss-reactive ketones (excluding diaryl/α,β-unsaturated/α-hetero) is 1. The molecule has 3 rings (SSSR count). The number of nitrogens with two attached hydrogens (primary N) is 1. The molecule has 0 aromatic heterocycles. The van der Waals surface area contributed by atoms with Crippen LogP contribution in [0.5, 0.6) is 0 Å².